The number of rotatable bonds is 3. The highest BCUT2D eigenvalue weighted by Gasteiger charge is 2.34. The first-order valence-electron chi connectivity index (χ1n) is 20.5. The van der Waals surface area contributed by atoms with Crippen LogP contribution in [0.1, 0.15) is 48.1 Å². The van der Waals surface area contributed by atoms with Gasteiger partial charge in [-0.25, -0.2) is 9.97 Å². The number of hydrogen-bond acceptors (Lipinski definition) is 2. The zero-order valence-electron chi connectivity index (χ0n) is 31.7. The molecule has 0 amide bonds. The number of benzene rings is 6. The van der Waals surface area contributed by atoms with Crippen molar-refractivity contribution in [1.82, 2.24) is 18.9 Å². The Labute approximate surface area is 330 Å². The largest absolute Gasteiger partial charge is 0.310 e. The molecule has 4 heteroatoms. The Morgan fingerprint density at radius 2 is 1.39 bits per heavy atom. The van der Waals surface area contributed by atoms with Gasteiger partial charge < -0.3 is 8.97 Å². The molecule has 3 unspecified atom stereocenters. The molecule has 0 saturated heterocycles. The van der Waals surface area contributed by atoms with E-state index in [2.05, 4.69) is 174 Å². The molecule has 4 nitrogen and oxygen atoms in total. The van der Waals surface area contributed by atoms with Crippen LogP contribution in [0.15, 0.2) is 146 Å². The van der Waals surface area contributed by atoms with Crippen LogP contribution in [0.2, 0.25) is 0 Å². The van der Waals surface area contributed by atoms with E-state index in [1.807, 2.05) is 0 Å². The van der Waals surface area contributed by atoms with Gasteiger partial charge >= 0.3 is 0 Å². The van der Waals surface area contributed by atoms with Crippen LogP contribution in [0.5, 0.6) is 0 Å². The summed E-state index contributed by atoms with van der Waals surface area (Å²) in [7, 11) is 0. The third-order valence-corrected chi connectivity index (χ3v) is 13.3. The van der Waals surface area contributed by atoms with E-state index in [0.29, 0.717) is 17.8 Å². The minimum Gasteiger partial charge on any atom is -0.310 e. The summed E-state index contributed by atoms with van der Waals surface area (Å²) in [6.07, 6.45) is 17.7. The molecule has 3 atom stereocenters. The predicted molar refractivity (Wildman–Crippen MR) is 237 cm³/mol. The molecule has 0 saturated carbocycles. The molecule has 0 radical (unpaired) electrons. The highest BCUT2D eigenvalue weighted by atomic mass is 15.0. The maximum atomic E-state index is 5.35. The molecule has 0 N–H and O–H groups in total. The normalized spacial score (nSPS) is 18.7. The Kier molecular flexibility index (Phi) is 6.41. The molecule has 13 rings (SSSR count). The van der Waals surface area contributed by atoms with Crippen LogP contribution >= 0.6 is 0 Å². The number of fused-ring (bicyclic) bond motifs is 14. The van der Waals surface area contributed by atoms with E-state index in [4.69, 9.17) is 9.97 Å². The van der Waals surface area contributed by atoms with Crippen molar-refractivity contribution in [2.45, 2.75) is 32.1 Å². The van der Waals surface area contributed by atoms with Gasteiger partial charge in [-0.3, -0.25) is 0 Å². The number of para-hydroxylation sites is 4. The van der Waals surface area contributed by atoms with E-state index in [0.717, 1.165) is 46.5 Å². The molecule has 57 heavy (non-hydrogen) atoms. The molecule has 0 bridgehead atoms. The summed E-state index contributed by atoms with van der Waals surface area (Å²) < 4.78 is 5.06. The SMILES string of the molecule is CC1C=Cc2cccc(-c3nc4ccccc4nc3-c3ccc(-n4c5c(c6c7c8ccccc8n8c9ccccc9c(cc64)c78)C4C=CCCC4C=C5)cc3)c2C1. The summed E-state index contributed by atoms with van der Waals surface area (Å²) >= 11 is 0. The van der Waals surface area contributed by atoms with Crippen molar-refractivity contribution in [2.75, 3.05) is 0 Å². The fourth-order valence-electron chi connectivity index (χ4n) is 10.7. The van der Waals surface area contributed by atoms with Crippen molar-refractivity contribution < 1.29 is 0 Å². The van der Waals surface area contributed by atoms with E-state index < -0.39 is 0 Å². The lowest BCUT2D eigenvalue weighted by atomic mass is 9.75. The van der Waals surface area contributed by atoms with E-state index in [-0.39, 0.29) is 0 Å². The van der Waals surface area contributed by atoms with Crippen LogP contribution in [-0.2, 0) is 6.42 Å². The Bertz CT molecular complexity index is 3410. The number of hydrogen-bond donors (Lipinski definition) is 0. The molecule has 270 valence electrons. The van der Waals surface area contributed by atoms with E-state index >= 15 is 0 Å². The fraction of sp³-hybridized carbons (Fsp3) is 0.132. The minimum atomic E-state index is 0.339. The zero-order chi connectivity index (χ0) is 37.4. The monoisotopic (exact) mass is 730 g/mol. The number of nitrogens with zero attached hydrogens (tertiary/aromatic N) is 4. The summed E-state index contributed by atoms with van der Waals surface area (Å²) in [6.45, 7) is 2.29. The van der Waals surface area contributed by atoms with Crippen molar-refractivity contribution in [1.29, 1.82) is 0 Å². The molecule has 0 aliphatic heterocycles. The Morgan fingerprint density at radius 1 is 0.632 bits per heavy atom. The van der Waals surface area contributed by atoms with Gasteiger partial charge in [0.2, 0.25) is 0 Å². The maximum Gasteiger partial charge on any atom is 0.0976 e. The van der Waals surface area contributed by atoms with Gasteiger partial charge in [0, 0.05) is 49.7 Å². The van der Waals surface area contributed by atoms with Gasteiger partial charge in [0.15, 0.2) is 0 Å². The molecular formula is C53H38N4. The van der Waals surface area contributed by atoms with Gasteiger partial charge in [-0.15, -0.1) is 0 Å². The summed E-state index contributed by atoms with van der Waals surface area (Å²) in [4.78, 5) is 10.7. The van der Waals surface area contributed by atoms with Crippen LogP contribution in [-0.4, -0.2) is 18.9 Å². The molecule has 3 aliphatic carbocycles. The van der Waals surface area contributed by atoms with Crippen molar-refractivity contribution >= 4 is 72.2 Å². The Hall–Kier alpha value is -6.78. The fourth-order valence-corrected chi connectivity index (χ4v) is 10.7. The summed E-state index contributed by atoms with van der Waals surface area (Å²) in [5, 5.41) is 6.70. The van der Waals surface area contributed by atoms with Crippen LogP contribution < -0.4 is 0 Å². The zero-order valence-corrected chi connectivity index (χ0v) is 31.7. The van der Waals surface area contributed by atoms with Gasteiger partial charge in [-0.05, 0) is 96.3 Å². The summed E-state index contributed by atoms with van der Waals surface area (Å²) in [5.74, 6) is 1.31. The van der Waals surface area contributed by atoms with E-state index in [1.54, 1.807) is 0 Å². The van der Waals surface area contributed by atoms with E-state index in [1.165, 1.54) is 83.4 Å². The maximum absolute atomic E-state index is 5.35. The van der Waals surface area contributed by atoms with Crippen LogP contribution in [0.3, 0.4) is 0 Å². The lowest BCUT2D eigenvalue weighted by Gasteiger charge is -2.29. The first kappa shape index (κ1) is 31.4. The summed E-state index contributed by atoms with van der Waals surface area (Å²) in [5.41, 5.74) is 17.6. The van der Waals surface area contributed by atoms with E-state index in [9.17, 15) is 0 Å². The average molecular weight is 731 g/mol. The lowest BCUT2D eigenvalue weighted by Crippen LogP contribution is -2.16. The standard InChI is InChI=1S/C53H38N4/c1-31-21-22-33-12-10-16-38(40(33)29-31)52-51(54-42-17-6-7-18-43(42)55-52)34-23-26-35(27-24-34)56-46-28-25-32-11-2-3-13-36(32)48(46)50-47(56)30-41-37-14-4-8-19-44(37)57-45-20-9-5-15-39(45)49(50)53(41)57/h3-10,12-28,30-32,36H,2,11,29H2,1H3. The molecule has 4 aromatic heterocycles. The average Bonchev–Trinajstić information content (AvgIpc) is 3.90. The first-order valence-corrected chi connectivity index (χ1v) is 20.5. The molecule has 4 heterocycles. The first-order chi connectivity index (χ1) is 28.2. The van der Waals surface area contributed by atoms with Gasteiger partial charge in [0.05, 0.1) is 50.2 Å². The minimum absolute atomic E-state index is 0.339. The van der Waals surface area contributed by atoms with Crippen LogP contribution in [0.4, 0.5) is 0 Å². The van der Waals surface area contributed by atoms with Gasteiger partial charge in [0.1, 0.15) is 0 Å². The quantitative estimate of drug-likeness (QED) is 0.170. The van der Waals surface area contributed by atoms with Crippen molar-refractivity contribution in [2.24, 2.45) is 11.8 Å². The Balaban J connectivity index is 1.08. The highest BCUT2D eigenvalue weighted by Crippen LogP contribution is 2.51. The highest BCUT2D eigenvalue weighted by molar-refractivity contribution is 6.32. The Morgan fingerprint density at radius 3 is 2.23 bits per heavy atom. The molecule has 0 spiro atoms. The number of aromatic nitrogens is 4. The molecule has 6 aromatic carbocycles. The predicted octanol–water partition coefficient (Wildman–Crippen LogP) is 13.3. The van der Waals surface area contributed by atoms with Crippen LogP contribution in [0, 0.1) is 11.8 Å². The number of allylic oxidation sites excluding steroid dienone is 4. The van der Waals surface area contributed by atoms with Crippen molar-refractivity contribution in [3.05, 3.63) is 168 Å². The topological polar surface area (TPSA) is 35.1 Å². The lowest BCUT2D eigenvalue weighted by molar-refractivity contribution is 0.517. The molecule has 3 aliphatic rings. The smallest absolute Gasteiger partial charge is 0.0976 e. The van der Waals surface area contributed by atoms with Crippen molar-refractivity contribution in [3.8, 4) is 28.2 Å². The van der Waals surface area contributed by atoms with Gasteiger partial charge in [-0.1, -0.05) is 116 Å². The third kappa shape index (κ3) is 4.33. The second-order valence-electron chi connectivity index (χ2n) is 16.5. The van der Waals surface area contributed by atoms with Gasteiger partial charge in [-0.2, -0.15) is 0 Å². The second-order valence-corrected chi connectivity index (χ2v) is 16.5. The van der Waals surface area contributed by atoms with Crippen LogP contribution in [0.25, 0.3) is 100 Å². The summed E-state index contributed by atoms with van der Waals surface area (Å²) in [6, 6.07) is 44.5. The van der Waals surface area contributed by atoms with Crippen molar-refractivity contribution in [3.63, 3.8) is 0 Å². The third-order valence-electron chi connectivity index (χ3n) is 13.3. The molecule has 10 aromatic rings. The second kappa shape index (κ2) is 11.6. The van der Waals surface area contributed by atoms with Gasteiger partial charge in [0.25, 0.3) is 0 Å². The molecular weight excluding hydrogens is 693 g/mol. The molecule has 0 fully saturated rings.